The lowest BCUT2D eigenvalue weighted by molar-refractivity contribution is 0.377. The number of thiazole rings is 1. The lowest BCUT2D eigenvalue weighted by Gasteiger charge is -2.25. The van der Waals surface area contributed by atoms with E-state index in [1.165, 1.54) is 18.4 Å². The third kappa shape index (κ3) is 4.05. The van der Waals surface area contributed by atoms with Crippen molar-refractivity contribution in [2.24, 2.45) is 0 Å². The highest BCUT2D eigenvalue weighted by Gasteiger charge is 2.38. The summed E-state index contributed by atoms with van der Waals surface area (Å²) in [5.74, 6) is 0.349. The van der Waals surface area contributed by atoms with Crippen molar-refractivity contribution >= 4 is 32.2 Å². The van der Waals surface area contributed by atoms with Crippen LogP contribution in [-0.2, 0) is 10.0 Å². The van der Waals surface area contributed by atoms with Crippen molar-refractivity contribution in [3.63, 3.8) is 0 Å². The number of sulfonamides is 1. The van der Waals surface area contributed by atoms with Crippen LogP contribution in [0.2, 0.25) is 0 Å². The van der Waals surface area contributed by atoms with Gasteiger partial charge in [-0.25, -0.2) is 13.4 Å². The van der Waals surface area contributed by atoms with Gasteiger partial charge in [-0.1, -0.05) is 12.1 Å². The third-order valence-corrected chi connectivity index (χ3v) is 7.87. The molecule has 0 saturated carbocycles. The minimum Gasteiger partial charge on any atom is -0.495 e. The second-order valence-corrected chi connectivity index (χ2v) is 9.98. The molecule has 1 atom stereocenters. The van der Waals surface area contributed by atoms with Gasteiger partial charge < -0.3 is 10.1 Å². The lowest BCUT2D eigenvalue weighted by Crippen LogP contribution is -2.31. The van der Waals surface area contributed by atoms with E-state index in [1.54, 1.807) is 28.6 Å². The number of methoxy groups -OCH3 is 1. The van der Waals surface area contributed by atoms with Crippen molar-refractivity contribution in [3.8, 4) is 5.75 Å². The smallest absolute Gasteiger partial charge is 0.247 e. The van der Waals surface area contributed by atoms with Crippen LogP contribution in [0.1, 0.15) is 36.0 Å². The van der Waals surface area contributed by atoms with Crippen LogP contribution in [-0.4, -0.2) is 36.3 Å². The standard InChI is InChI=1S/C21H24N4O3S2/c1-14-11-16(24-21-23-15(2)13-29-21)12-17(22-14)18-7-6-10-25(18)30(26,27)20-9-5-4-8-19(20)28-3/h4-5,8-9,11-13,18H,6-7,10H2,1-3H3,(H,22,23,24)/t18-/m0/s1. The number of rotatable bonds is 6. The first-order chi connectivity index (χ1) is 14.4. The Morgan fingerprint density at radius 2 is 1.97 bits per heavy atom. The SMILES string of the molecule is COc1ccccc1S(=O)(=O)N1CCC[C@H]1c1cc(Nc2nc(C)cs2)cc(C)n1. The summed E-state index contributed by atoms with van der Waals surface area (Å²) >= 11 is 1.53. The first-order valence-electron chi connectivity index (χ1n) is 9.71. The van der Waals surface area contributed by atoms with Crippen LogP contribution in [0, 0.1) is 13.8 Å². The fraction of sp³-hybridized carbons (Fsp3) is 0.333. The number of hydrogen-bond donors (Lipinski definition) is 1. The Labute approximate surface area is 180 Å². The predicted octanol–water partition coefficient (Wildman–Crippen LogP) is 4.43. The van der Waals surface area contributed by atoms with Crippen LogP contribution in [0.4, 0.5) is 10.8 Å². The number of para-hydroxylation sites is 1. The molecule has 0 aliphatic carbocycles. The van der Waals surface area contributed by atoms with Crippen molar-refractivity contribution in [3.05, 3.63) is 58.9 Å². The summed E-state index contributed by atoms with van der Waals surface area (Å²) in [7, 11) is -2.24. The summed E-state index contributed by atoms with van der Waals surface area (Å²) in [6.07, 6.45) is 1.50. The molecular formula is C21H24N4O3S2. The van der Waals surface area contributed by atoms with Gasteiger partial charge in [0.1, 0.15) is 10.6 Å². The largest absolute Gasteiger partial charge is 0.495 e. The van der Waals surface area contributed by atoms with E-state index in [-0.39, 0.29) is 10.9 Å². The van der Waals surface area contributed by atoms with E-state index in [9.17, 15) is 8.42 Å². The molecule has 3 heterocycles. The minimum absolute atomic E-state index is 0.184. The van der Waals surface area contributed by atoms with E-state index < -0.39 is 10.0 Å². The molecule has 1 aliphatic rings. The number of aryl methyl sites for hydroxylation is 2. The highest BCUT2D eigenvalue weighted by molar-refractivity contribution is 7.89. The summed E-state index contributed by atoms with van der Waals surface area (Å²) in [4.78, 5) is 9.29. The van der Waals surface area contributed by atoms with Gasteiger partial charge in [0, 0.05) is 23.3 Å². The second-order valence-electron chi connectivity index (χ2n) is 7.27. The van der Waals surface area contributed by atoms with Gasteiger partial charge in [0.2, 0.25) is 10.0 Å². The molecule has 158 valence electrons. The van der Waals surface area contributed by atoms with E-state index >= 15 is 0 Å². The molecule has 4 rings (SSSR count). The molecule has 0 unspecified atom stereocenters. The Balaban J connectivity index is 1.68. The number of nitrogens with one attached hydrogen (secondary N) is 1. The van der Waals surface area contributed by atoms with Gasteiger partial charge in [0.25, 0.3) is 0 Å². The van der Waals surface area contributed by atoms with Crippen LogP contribution in [0.3, 0.4) is 0 Å². The molecule has 0 spiro atoms. The zero-order valence-corrected chi connectivity index (χ0v) is 18.8. The Morgan fingerprint density at radius 3 is 2.70 bits per heavy atom. The topological polar surface area (TPSA) is 84.4 Å². The number of nitrogens with zero attached hydrogens (tertiary/aromatic N) is 3. The van der Waals surface area contributed by atoms with Crippen molar-refractivity contribution in [1.82, 2.24) is 14.3 Å². The van der Waals surface area contributed by atoms with Gasteiger partial charge in [-0.05, 0) is 51.0 Å². The fourth-order valence-electron chi connectivity index (χ4n) is 3.75. The predicted molar refractivity (Wildman–Crippen MR) is 118 cm³/mol. The van der Waals surface area contributed by atoms with E-state index in [1.807, 2.05) is 31.4 Å². The maximum atomic E-state index is 13.5. The second kappa shape index (κ2) is 8.33. The number of hydrogen-bond acceptors (Lipinski definition) is 7. The molecular weight excluding hydrogens is 420 g/mol. The third-order valence-electron chi connectivity index (χ3n) is 5.04. The molecule has 1 aliphatic heterocycles. The van der Waals surface area contributed by atoms with E-state index in [4.69, 9.17) is 4.74 Å². The highest BCUT2D eigenvalue weighted by atomic mass is 32.2. The van der Waals surface area contributed by atoms with Crippen molar-refractivity contribution in [2.75, 3.05) is 19.0 Å². The van der Waals surface area contributed by atoms with Crippen molar-refractivity contribution < 1.29 is 13.2 Å². The molecule has 1 N–H and O–H groups in total. The minimum atomic E-state index is -3.72. The Kier molecular flexibility index (Phi) is 5.77. The zero-order valence-electron chi connectivity index (χ0n) is 17.1. The number of pyridine rings is 1. The zero-order chi connectivity index (χ0) is 21.3. The van der Waals surface area contributed by atoms with Gasteiger partial charge >= 0.3 is 0 Å². The summed E-state index contributed by atoms with van der Waals surface area (Å²) in [6.45, 7) is 4.31. The molecule has 0 radical (unpaired) electrons. The molecule has 0 bridgehead atoms. The molecule has 1 saturated heterocycles. The van der Waals surface area contributed by atoms with Crippen LogP contribution < -0.4 is 10.1 Å². The molecule has 3 aromatic rings. The quantitative estimate of drug-likeness (QED) is 0.605. The van der Waals surface area contributed by atoms with Gasteiger partial charge in [0.15, 0.2) is 5.13 Å². The van der Waals surface area contributed by atoms with Crippen LogP contribution in [0.15, 0.2) is 46.7 Å². The maximum Gasteiger partial charge on any atom is 0.247 e. The summed E-state index contributed by atoms with van der Waals surface area (Å²) in [6, 6.07) is 10.3. The molecule has 9 heteroatoms. The number of aromatic nitrogens is 2. The lowest BCUT2D eigenvalue weighted by atomic mass is 10.1. The molecule has 1 fully saturated rings. The average molecular weight is 445 g/mol. The molecule has 2 aromatic heterocycles. The first kappa shape index (κ1) is 20.8. The Morgan fingerprint density at radius 1 is 1.17 bits per heavy atom. The van der Waals surface area contributed by atoms with Gasteiger partial charge in [-0.15, -0.1) is 11.3 Å². The van der Waals surface area contributed by atoms with Crippen molar-refractivity contribution in [2.45, 2.75) is 37.6 Å². The van der Waals surface area contributed by atoms with Crippen LogP contribution in [0.5, 0.6) is 5.75 Å². The molecule has 7 nitrogen and oxygen atoms in total. The van der Waals surface area contributed by atoms with E-state index in [0.717, 1.165) is 40.7 Å². The Hall–Kier alpha value is -2.49. The molecule has 0 amide bonds. The molecule has 1 aromatic carbocycles. The van der Waals surface area contributed by atoms with Gasteiger partial charge in [-0.3, -0.25) is 4.98 Å². The summed E-state index contributed by atoms with van der Waals surface area (Å²) < 4.78 is 33.8. The first-order valence-corrected chi connectivity index (χ1v) is 12.0. The highest BCUT2D eigenvalue weighted by Crippen LogP contribution is 2.39. The monoisotopic (exact) mass is 444 g/mol. The normalized spacial score (nSPS) is 17.2. The van der Waals surface area contributed by atoms with E-state index in [2.05, 4.69) is 15.3 Å². The maximum absolute atomic E-state index is 13.5. The fourth-order valence-corrected chi connectivity index (χ4v) is 6.29. The van der Waals surface area contributed by atoms with Crippen LogP contribution >= 0.6 is 11.3 Å². The van der Waals surface area contributed by atoms with Gasteiger partial charge in [-0.2, -0.15) is 4.31 Å². The van der Waals surface area contributed by atoms with Crippen molar-refractivity contribution in [1.29, 1.82) is 0 Å². The van der Waals surface area contributed by atoms with Gasteiger partial charge in [0.05, 0.1) is 24.5 Å². The number of ether oxygens (including phenoxy) is 1. The summed E-state index contributed by atoms with van der Waals surface area (Å²) in [5.41, 5.74) is 3.37. The molecule has 30 heavy (non-hydrogen) atoms. The average Bonchev–Trinajstić information content (AvgIpc) is 3.37. The number of anilines is 2. The van der Waals surface area contributed by atoms with Crippen LogP contribution in [0.25, 0.3) is 0 Å². The Bertz CT molecular complexity index is 1160. The summed E-state index contributed by atoms with van der Waals surface area (Å²) in [5, 5.41) is 6.09. The number of benzene rings is 1. The van der Waals surface area contributed by atoms with E-state index in [0.29, 0.717) is 12.3 Å².